The number of rotatable bonds is 6. The van der Waals surface area contributed by atoms with Crippen molar-refractivity contribution in [2.24, 2.45) is 0 Å². The Bertz CT molecular complexity index is 661. The van der Waals surface area contributed by atoms with Crippen molar-refractivity contribution < 1.29 is 4.79 Å². The van der Waals surface area contributed by atoms with Gasteiger partial charge in [-0.1, -0.05) is 18.5 Å². The number of aryl methyl sites for hydroxylation is 1. The van der Waals surface area contributed by atoms with Crippen molar-refractivity contribution in [2.75, 3.05) is 6.54 Å². The average Bonchev–Trinajstić information content (AvgIpc) is 3.02. The summed E-state index contributed by atoms with van der Waals surface area (Å²) in [4.78, 5) is 12.1. The summed E-state index contributed by atoms with van der Waals surface area (Å²) in [5.74, 6) is -0.0861. The van der Waals surface area contributed by atoms with Gasteiger partial charge in [0.25, 0.3) is 0 Å². The molecule has 0 aliphatic heterocycles. The van der Waals surface area contributed by atoms with Gasteiger partial charge in [-0.05, 0) is 32.8 Å². The standard InChI is InChI=1S/C15H22ClN5O/c1-5-14-10(2)19-20(11(14)3)7-6-17-15(22)12(4)21-9-13(16)8-18-21/h8-9,12H,5-7H2,1-4H3,(H,17,22). The molecule has 0 aliphatic rings. The predicted molar refractivity (Wildman–Crippen MR) is 86.0 cm³/mol. The van der Waals surface area contributed by atoms with Gasteiger partial charge in [0.15, 0.2) is 0 Å². The Labute approximate surface area is 135 Å². The first-order valence-corrected chi connectivity index (χ1v) is 7.82. The fraction of sp³-hybridized carbons (Fsp3) is 0.533. The molecule has 0 aromatic carbocycles. The van der Waals surface area contributed by atoms with Gasteiger partial charge >= 0.3 is 0 Å². The van der Waals surface area contributed by atoms with E-state index in [4.69, 9.17) is 11.6 Å². The normalized spacial score (nSPS) is 12.4. The van der Waals surface area contributed by atoms with Gasteiger partial charge in [0, 0.05) is 18.4 Å². The molecule has 0 radical (unpaired) electrons. The number of nitrogens with one attached hydrogen (secondary N) is 1. The van der Waals surface area contributed by atoms with Crippen molar-refractivity contribution in [3.8, 4) is 0 Å². The molecule has 120 valence electrons. The molecule has 0 spiro atoms. The third-order valence-electron chi connectivity index (χ3n) is 3.85. The lowest BCUT2D eigenvalue weighted by atomic mass is 10.1. The van der Waals surface area contributed by atoms with Crippen LogP contribution >= 0.6 is 11.6 Å². The highest BCUT2D eigenvalue weighted by molar-refractivity contribution is 6.30. The second-order valence-electron chi connectivity index (χ2n) is 5.33. The molecule has 0 saturated heterocycles. The van der Waals surface area contributed by atoms with Crippen molar-refractivity contribution in [1.29, 1.82) is 0 Å². The van der Waals surface area contributed by atoms with Gasteiger partial charge < -0.3 is 5.32 Å². The Balaban J connectivity index is 1.89. The van der Waals surface area contributed by atoms with E-state index in [2.05, 4.69) is 29.4 Å². The second-order valence-corrected chi connectivity index (χ2v) is 5.77. The van der Waals surface area contributed by atoms with Crippen LogP contribution in [0.4, 0.5) is 0 Å². The Morgan fingerprint density at radius 2 is 2.18 bits per heavy atom. The van der Waals surface area contributed by atoms with Gasteiger partial charge in [0.05, 0.1) is 23.5 Å². The van der Waals surface area contributed by atoms with Crippen LogP contribution < -0.4 is 5.32 Å². The van der Waals surface area contributed by atoms with Crippen molar-refractivity contribution in [1.82, 2.24) is 24.9 Å². The summed E-state index contributed by atoms with van der Waals surface area (Å²) < 4.78 is 3.50. The predicted octanol–water partition coefficient (Wildman–Crippen LogP) is 2.29. The fourth-order valence-corrected chi connectivity index (χ4v) is 2.69. The third kappa shape index (κ3) is 3.50. The molecule has 1 unspecified atom stereocenters. The van der Waals surface area contributed by atoms with E-state index >= 15 is 0 Å². The summed E-state index contributed by atoms with van der Waals surface area (Å²) in [6.07, 6.45) is 4.13. The van der Waals surface area contributed by atoms with E-state index < -0.39 is 0 Å². The maximum Gasteiger partial charge on any atom is 0.244 e. The third-order valence-corrected chi connectivity index (χ3v) is 4.05. The quantitative estimate of drug-likeness (QED) is 0.887. The molecule has 1 atom stereocenters. The lowest BCUT2D eigenvalue weighted by Crippen LogP contribution is -2.33. The summed E-state index contributed by atoms with van der Waals surface area (Å²) >= 11 is 5.82. The Kier molecular flexibility index (Phi) is 5.24. The van der Waals surface area contributed by atoms with Gasteiger partial charge in [0.1, 0.15) is 6.04 Å². The summed E-state index contributed by atoms with van der Waals surface area (Å²) in [6, 6.07) is -0.390. The van der Waals surface area contributed by atoms with Crippen LogP contribution in [0.15, 0.2) is 12.4 Å². The molecular weight excluding hydrogens is 302 g/mol. The molecule has 1 amide bonds. The number of carbonyl (C=O) groups excluding carboxylic acids is 1. The minimum absolute atomic E-state index is 0.0861. The van der Waals surface area contributed by atoms with Crippen LogP contribution in [0.1, 0.15) is 36.8 Å². The molecule has 0 fully saturated rings. The molecule has 22 heavy (non-hydrogen) atoms. The van der Waals surface area contributed by atoms with E-state index in [1.165, 1.54) is 17.5 Å². The second kappa shape index (κ2) is 6.96. The Hall–Kier alpha value is -1.82. The first kappa shape index (κ1) is 16.5. The van der Waals surface area contributed by atoms with E-state index in [0.717, 1.165) is 12.1 Å². The lowest BCUT2D eigenvalue weighted by molar-refractivity contribution is -0.124. The fourth-order valence-electron chi connectivity index (χ4n) is 2.54. The molecule has 2 aromatic rings. The molecule has 2 aromatic heterocycles. The molecule has 0 saturated carbocycles. The van der Waals surface area contributed by atoms with Crippen LogP contribution in [0.2, 0.25) is 5.02 Å². The zero-order chi connectivity index (χ0) is 16.3. The SMILES string of the molecule is CCc1c(C)nn(CCNC(=O)C(C)n2cc(Cl)cn2)c1C. The maximum absolute atomic E-state index is 12.1. The Morgan fingerprint density at radius 3 is 2.73 bits per heavy atom. The van der Waals surface area contributed by atoms with Gasteiger partial charge in [-0.15, -0.1) is 0 Å². The van der Waals surface area contributed by atoms with Crippen LogP contribution in [-0.4, -0.2) is 32.0 Å². The van der Waals surface area contributed by atoms with Gasteiger partial charge in [-0.3, -0.25) is 14.2 Å². The van der Waals surface area contributed by atoms with Crippen LogP contribution in [0.5, 0.6) is 0 Å². The van der Waals surface area contributed by atoms with E-state index in [9.17, 15) is 4.79 Å². The smallest absolute Gasteiger partial charge is 0.244 e. The first-order valence-electron chi connectivity index (χ1n) is 7.44. The number of nitrogens with zero attached hydrogens (tertiary/aromatic N) is 4. The number of hydrogen-bond acceptors (Lipinski definition) is 3. The van der Waals surface area contributed by atoms with E-state index in [-0.39, 0.29) is 11.9 Å². The topological polar surface area (TPSA) is 64.7 Å². The molecule has 6 nitrogen and oxygen atoms in total. The van der Waals surface area contributed by atoms with Crippen molar-refractivity contribution in [3.63, 3.8) is 0 Å². The number of halogens is 1. The lowest BCUT2D eigenvalue weighted by Gasteiger charge is -2.13. The molecule has 2 rings (SSSR count). The number of hydrogen-bond donors (Lipinski definition) is 1. The molecule has 7 heteroatoms. The van der Waals surface area contributed by atoms with Crippen molar-refractivity contribution in [2.45, 2.75) is 46.7 Å². The largest absolute Gasteiger partial charge is 0.352 e. The summed E-state index contributed by atoms with van der Waals surface area (Å²) in [6.45, 7) is 9.19. The first-order chi connectivity index (χ1) is 10.4. The van der Waals surface area contributed by atoms with E-state index in [1.54, 1.807) is 17.8 Å². The Morgan fingerprint density at radius 1 is 1.45 bits per heavy atom. The summed E-state index contributed by atoms with van der Waals surface area (Å²) in [5.41, 5.74) is 3.51. The van der Waals surface area contributed by atoms with Crippen LogP contribution in [0.3, 0.4) is 0 Å². The van der Waals surface area contributed by atoms with Crippen LogP contribution in [0, 0.1) is 13.8 Å². The minimum Gasteiger partial charge on any atom is -0.352 e. The number of aromatic nitrogens is 4. The van der Waals surface area contributed by atoms with Gasteiger partial charge in [-0.25, -0.2) is 0 Å². The summed E-state index contributed by atoms with van der Waals surface area (Å²) in [5, 5.41) is 12.0. The molecule has 1 N–H and O–H groups in total. The highest BCUT2D eigenvalue weighted by Gasteiger charge is 2.16. The van der Waals surface area contributed by atoms with E-state index in [0.29, 0.717) is 18.1 Å². The van der Waals surface area contributed by atoms with Crippen LogP contribution in [0.25, 0.3) is 0 Å². The number of carbonyl (C=O) groups is 1. The highest BCUT2D eigenvalue weighted by atomic mass is 35.5. The molecular formula is C15H22ClN5O. The van der Waals surface area contributed by atoms with Gasteiger partial charge in [-0.2, -0.15) is 10.2 Å². The van der Waals surface area contributed by atoms with Gasteiger partial charge in [0.2, 0.25) is 5.91 Å². The molecule has 0 bridgehead atoms. The van der Waals surface area contributed by atoms with Crippen LogP contribution in [-0.2, 0) is 17.8 Å². The highest BCUT2D eigenvalue weighted by Crippen LogP contribution is 2.13. The molecule has 0 aliphatic carbocycles. The zero-order valence-electron chi connectivity index (χ0n) is 13.4. The van der Waals surface area contributed by atoms with Crippen molar-refractivity contribution >= 4 is 17.5 Å². The number of amides is 1. The van der Waals surface area contributed by atoms with E-state index in [1.807, 2.05) is 11.6 Å². The summed E-state index contributed by atoms with van der Waals surface area (Å²) in [7, 11) is 0. The zero-order valence-corrected chi connectivity index (χ0v) is 14.2. The van der Waals surface area contributed by atoms with Crippen molar-refractivity contribution in [3.05, 3.63) is 34.4 Å². The molecule has 2 heterocycles. The minimum atomic E-state index is -0.390. The monoisotopic (exact) mass is 323 g/mol. The maximum atomic E-state index is 12.1. The average molecular weight is 324 g/mol.